The van der Waals surface area contributed by atoms with Crippen LogP contribution in [0.4, 0.5) is 0 Å². The molecule has 0 aliphatic carbocycles. The molecule has 6 heteroatoms. The smallest absolute Gasteiger partial charge is 0.274 e. The number of hydrogen-bond donors (Lipinski definition) is 1. The van der Waals surface area contributed by atoms with E-state index in [4.69, 9.17) is 11.6 Å². The lowest BCUT2D eigenvalue weighted by Crippen LogP contribution is -2.31. The SMILES string of the molecule is CCCCCn1nc(C(=O)NCCc2ccc(Cl)cc2)c2ccccc2c1=O. The van der Waals surface area contributed by atoms with Gasteiger partial charge in [-0.3, -0.25) is 9.59 Å². The maximum atomic E-state index is 12.8. The maximum Gasteiger partial charge on any atom is 0.274 e. The monoisotopic (exact) mass is 397 g/mol. The Balaban J connectivity index is 1.79. The van der Waals surface area contributed by atoms with Crippen LogP contribution in [-0.2, 0) is 13.0 Å². The van der Waals surface area contributed by atoms with Gasteiger partial charge in [0.2, 0.25) is 0 Å². The van der Waals surface area contributed by atoms with E-state index < -0.39 is 0 Å². The molecule has 0 unspecified atom stereocenters. The van der Waals surface area contributed by atoms with Gasteiger partial charge in [-0.1, -0.05) is 61.7 Å². The summed E-state index contributed by atoms with van der Waals surface area (Å²) in [5, 5.41) is 9.10. The number of halogens is 1. The van der Waals surface area contributed by atoms with Gasteiger partial charge in [0.1, 0.15) is 0 Å². The van der Waals surface area contributed by atoms with Gasteiger partial charge in [0.15, 0.2) is 5.69 Å². The number of aryl methyl sites for hydroxylation is 1. The first-order valence-electron chi connectivity index (χ1n) is 9.62. The molecule has 0 saturated carbocycles. The van der Waals surface area contributed by atoms with Crippen LogP contribution in [-0.4, -0.2) is 22.2 Å². The lowest BCUT2D eigenvalue weighted by atomic mass is 10.1. The van der Waals surface area contributed by atoms with Gasteiger partial charge in [0.25, 0.3) is 11.5 Å². The number of unbranched alkanes of at least 4 members (excludes halogenated alkanes) is 2. The van der Waals surface area contributed by atoms with Crippen molar-refractivity contribution >= 4 is 28.3 Å². The van der Waals surface area contributed by atoms with Crippen LogP contribution in [0.3, 0.4) is 0 Å². The van der Waals surface area contributed by atoms with Gasteiger partial charge < -0.3 is 5.32 Å². The molecule has 0 aliphatic rings. The molecule has 0 saturated heterocycles. The Morgan fingerprint density at radius 3 is 2.50 bits per heavy atom. The third-order valence-corrected chi connectivity index (χ3v) is 4.92. The molecule has 146 valence electrons. The van der Waals surface area contributed by atoms with E-state index in [9.17, 15) is 9.59 Å². The zero-order valence-corrected chi connectivity index (χ0v) is 16.7. The summed E-state index contributed by atoms with van der Waals surface area (Å²) in [5.41, 5.74) is 1.24. The van der Waals surface area contributed by atoms with Crippen molar-refractivity contribution in [2.24, 2.45) is 0 Å². The van der Waals surface area contributed by atoms with Crippen molar-refractivity contribution in [1.82, 2.24) is 15.1 Å². The molecule has 0 radical (unpaired) electrons. The number of carbonyl (C=O) groups excluding carboxylic acids is 1. The van der Waals surface area contributed by atoms with Gasteiger partial charge in [-0.25, -0.2) is 4.68 Å². The fourth-order valence-corrected chi connectivity index (χ4v) is 3.25. The predicted molar refractivity (Wildman–Crippen MR) is 113 cm³/mol. The van der Waals surface area contributed by atoms with E-state index in [0.717, 1.165) is 24.8 Å². The van der Waals surface area contributed by atoms with Crippen molar-refractivity contribution in [3.05, 3.63) is 75.2 Å². The Kier molecular flexibility index (Phi) is 6.82. The van der Waals surface area contributed by atoms with Crippen molar-refractivity contribution < 1.29 is 4.79 Å². The predicted octanol–water partition coefficient (Wildman–Crippen LogP) is 4.21. The second kappa shape index (κ2) is 9.51. The van der Waals surface area contributed by atoms with Crippen molar-refractivity contribution in [1.29, 1.82) is 0 Å². The molecule has 1 heterocycles. The second-order valence-corrected chi connectivity index (χ2v) is 7.20. The maximum absolute atomic E-state index is 12.8. The highest BCUT2D eigenvalue weighted by atomic mass is 35.5. The Bertz CT molecular complexity index is 1010. The highest BCUT2D eigenvalue weighted by Gasteiger charge is 2.16. The molecule has 28 heavy (non-hydrogen) atoms. The fraction of sp³-hybridized carbons (Fsp3) is 0.318. The summed E-state index contributed by atoms with van der Waals surface area (Å²) in [6.45, 7) is 3.10. The van der Waals surface area contributed by atoms with Crippen molar-refractivity contribution in [2.45, 2.75) is 39.2 Å². The minimum atomic E-state index is -0.269. The van der Waals surface area contributed by atoms with Crippen LogP contribution in [0, 0.1) is 0 Å². The molecule has 5 nitrogen and oxygen atoms in total. The van der Waals surface area contributed by atoms with Crippen LogP contribution in [0.5, 0.6) is 0 Å². The molecular weight excluding hydrogens is 374 g/mol. The van der Waals surface area contributed by atoms with E-state index in [1.165, 1.54) is 4.68 Å². The van der Waals surface area contributed by atoms with Crippen molar-refractivity contribution in [3.8, 4) is 0 Å². The van der Waals surface area contributed by atoms with E-state index in [-0.39, 0.29) is 11.5 Å². The quantitative estimate of drug-likeness (QED) is 0.579. The summed E-state index contributed by atoms with van der Waals surface area (Å²) in [7, 11) is 0. The molecule has 0 aliphatic heterocycles. The molecule has 0 atom stereocenters. The number of fused-ring (bicyclic) bond motifs is 1. The summed E-state index contributed by atoms with van der Waals surface area (Å²) >= 11 is 5.90. The van der Waals surface area contributed by atoms with Gasteiger partial charge in [0.05, 0.1) is 5.39 Å². The summed E-state index contributed by atoms with van der Waals surface area (Å²) < 4.78 is 1.42. The van der Waals surface area contributed by atoms with Crippen LogP contribution in [0.15, 0.2) is 53.3 Å². The summed E-state index contributed by atoms with van der Waals surface area (Å²) in [6, 6.07) is 14.7. The first-order valence-corrected chi connectivity index (χ1v) is 10.0. The highest BCUT2D eigenvalue weighted by Crippen LogP contribution is 2.14. The zero-order chi connectivity index (χ0) is 19.9. The lowest BCUT2D eigenvalue weighted by Gasteiger charge is -2.11. The average Bonchev–Trinajstić information content (AvgIpc) is 2.71. The molecule has 1 aromatic heterocycles. The first kappa shape index (κ1) is 20.1. The normalized spacial score (nSPS) is 10.9. The first-order chi connectivity index (χ1) is 13.6. The van der Waals surface area contributed by atoms with E-state index in [2.05, 4.69) is 17.3 Å². The molecule has 2 aromatic carbocycles. The van der Waals surface area contributed by atoms with Crippen molar-refractivity contribution in [3.63, 3.8) is 0 Å². The van der Waals surface area contributed by atoms with Gasteiger partial charge in [-0.05, 0) is 36.6 Å². The minimum absolute atomic E-state index is 0.149. The van der Waals surface area contributed by atoms with Gasteiger partial charge in [0, 0.05) is 23.5 Å². The number of amides is 1. The van der Waals surface area contributed by atoms with E-state index >= 15 is 0 Å². The summed E-state index contributed by atoms with van der Waals surface area (Å²) in [6.07, 6.45) is 3.63. The number of rotatable bonds is 8. The second-order valence-electron chi connectivity index (χ2n) is 6.76. The minimum Gasteiger partial charge on any atom is -0.350 e. The third-order valence-electron chi connectivity index (χ3n) is 4.67. The van der Waals surface area contributed by atoms with Crippen molar-refractivity contribution in [2.75, 3.05) is 6.54 Å². The van der Waals surface area contributed by atoms with Crippen LogP contribution in [0.25, 0.3) is 10.8 Å². The Morgan fingerprint density at radius 2 is 1.79 bits per heavy atom. The molecule has 3 aromatic rings. The third kappa shape index (κ3) is 4.78. The summed E-state index contributed by atoms with van der Waals surface area (Å²) in [5.74, 6) is -0.269. The number of hydrogen-bond acceptors (Lipinski definition) is 3. The molecule has 1 amide bonds. The number of benzene rings is 2. The number of nitrogens with one attached hydrogen (secondary N) is 1. The molecule has 1 N–H and O–H groups in total. The molecule has 3 rings (SSSR count). The van der Waals surface area contributed by atoms with Gasteiger partial charge in [-0.15, -0.1) is 0 Å². The Morgan fingerprint density at radius 1 is 1.07 bits per heavy atom. The number of nitrogens with zero attached hydrogens (tertiary/aromatic N) is 2. The van der Waals surface area contributed by atoms with Crippen LogP contribution >= 0.6 is 11.6 Å². The van der Waals surface area contributed by atoms with Crippen LogP contribution in [0.2, 0.25) is 5.02 Å². The molecule has 0 bridgehead atoms. The molecular formula is C22H24ClN3O2. The highest BCUT2D eigenvalue weighted by molar-refractivity contribution is 6.30. The lowest BCUT2D eigenvalue weighted by molar-refractivity contribution is 0.0948. The fourth-order valence-electron chi connectivity index (χ4n) is 3.12. The van der Waals surface area contributed by atoms with Crippen LogP contribution in [0.1, 0.15) is 42.2 Å². The topological polar surface area (TPSA) is 64.0 Å². The summed E-state index contributed by atoms with van der Waals surface area (Å²) in [4.78, 5) is 25.5. The van der Waals surface area contributed by atoms with E-state index in [1.807, 2.05) is 36.4 Å². The Labute approximate surface area is 169 Å². The van der Waals surface area contributed by atoms with E-state index in [0.29, 0.717) is 41.0 Å². The molecule has 0 fully saturated rings. The zero-order valence-electron chi connectivity index (χ0n) is 16.0. The largest absolute Gasteiger partial charge is 0.350 e. The average molecular weight is 398 g/mol. The van der Waals surface area contributed by atoms with E-state index in [1.54, 1.807) is 12.1 Å². The Hall–Kier alpha value is -2.66. The van der Waals surface area contributed by atoms with Gasteiger partial charge in [-0.2, -0.15) is 5.10 Å². The molecule has 0 spiro atoms. The number of aromatic nitrogens is 2. The number of carbonyl (C=O) groups is 1. The van der Waals surface area contributed by atoms with Gasteiger partial charge >= 0.3 is 0 Å². The standard InChI is InChI=1S/C22H24ClN3O2/c1-2-3-6-15-26-22(28)19-8-5-4-7-18(19)20(25-26)21(27)24-14-13-16-9-11-17(23)12-10-16/h4-5,7-12H,2-3,6,13-15H2,1H3,(H,24,27). The van der Waals surface area contributed by atoms with Crippen LogP contribution < -0.4 is 10.9 Å².